The first-order valence-corrected chi connectivity index (χ1v) is 9.12. The van der Waals surface area contributed by atoms with Crippen LogP contribution in [-0.4, -0.2) is 46.9 Å². The van der Waals surface area contributed by atoms with E-state index in [9.17, 15) is 21.6 Å². The summed E-state index contributed by atoms with van der Waals surface area (Å²) in [5.74, 6) is -0.759. The van der Waals surface area contributed by atoms with Crippen LogP contribution in [0.3, 0.4) is 0 Å². The van der Waals surface area contributed by atoms with Gasteiger partial charge in [-0.15, -0.1) is 13.2 Å². The molecule has 2 aromatic carbocycles. The van der Waals surface area contributed by atoms with E-state index >= 15 is 0 Å². The first-order chi connectivity index (χ1) is 12.1. The van der Waals surface area contributed by atoms with Crippen molar-refractivity contribution in [2.24, 2.45) is 0 Å². The predicted octanol–water partition coefficient (Wildman–Crippen LogP) is 3.34. The highest BCUT2D eigenvalue weighted by Gasteiger charge is 2.35. The molecule has 2 rings (SSSR count). The largest absolute Gasteiger partial charge is 0.573 e. The Balaban J connectivity index is 2.50. The summed E-state index contributed by atoms with van der Waals surface area (Å²) in [5.41, 5.74) is 0.358. The highest BCUT2D eigenvalue weighted by atomic mass is 32.2. The third-order valence-electron chi connectivity index (χ3n) is 3.44. The van der Waals surface area contributed by atoms with Gasteiger partial charge in [0.2, 0.25) is 0 Å². The van der Waals surface area contributed by atoms with Gasteiger partial charge in [-0.25, -0.2) is 8.42 Å². The van der Waals surface area contributed by atoms with E-state index in [0.29, 0.717) is 12.2 Å². The molecule has 5 nitrogen and oxygen atoms in total. The van der Waals surface area contributed by atoms with E-state index in [1.165, 1.54) is 12.1 Å². The van der Waals surface area contributed by atoms with Crippen LogP contribution in [0.2, 0.25) is 0 Å². The van der Waals surface area contributed by atoms with E-state index in [1.54, 1.807) is 49.3 Å². The van der Waals surface area contributed by atoms with E-state index in [4.69, 9.17) is 0 Å². The molecule has 0 aliphatic rings. The number of ether oxygens (including phenoxy) is 1. The Morgan fingerprint density at radius 2 is 1.50 bits per heavy atom. The topological polar surface area (TPSA) is 49.9 Å². The van der Waals surface area contributed by atoms with E-state index in [1.807, 2.05) is 0 Å². The number of benzene rings is 2. The van der Waals surface area contributed by atoms with Gasteiger partial charge < -0.3 is 9.64 Å². The third kappa shape index (κ3) is 5.12. The van der Waals surface area contributed by atoms with Gasteiger partial charge >= 0.3 is 6.36 Å². The van der Waals surface area contributed by atoms with Crippen molar-refractivity contribution in [3.05, 3.63) is 54.6 Å². The third-order valence-corrected chi connectivity index (χ3v) is 5.30. The number of halogens is 3. The molecule has 0 aliphatic carbocycles. The normalized spacial score (nSPS) is 12.2. The summed E-state index contributed by atoms with van der Waals surface area (Å²) in [6.07, 6.45) is -4.99. The van der Waals surface area contributed by atoms with E-state index in [2.05, 4.69) is 4.74 Å². The maximum Gasteiger partial charge on any atom is 0.573 e. The molecule has 0 N–H and O–H groups in total. The maximum atomic E-state index is 13.1. The molecule has 0 aromatic heterocycles. The van der Waals surface area contributed by atoms with Gasteiger partial charge in [-0.2, -0.15) is 0 Å². The van der Waals surface area contributed by atoms with Crippen molar-refractivity contribution >= 4 is 15.7 Å². The number of rotatable bonds is 7. The minimum absolute atomic E-state index is 0.0691. The standard InChI is InChI=1S/C17H19F3N2O3S/c1-21(2)12-13-22(14-8-4-3-5-9-14)26(23,24)16-11-7-6-10-15(16)25-17(18,19)20/h3-11H,12-13H2,1-2H3. The molecule has 0 heterocycles. The van der Waals surface area contributed by atoms with Crippen molar-refractivity contribution in [2.75, 3.05) is 31.5 Å². The molecular weight excluding hydrogens is 369 g/mol. The average Bonchev–Trinajstić information content (AvgIpc) is 2.54. The van der Waals surface area contributed by atoms with Crippen LogP contribution < -0.4 is 9.04 Å². The molecule has 9 heteroatoms. The van der Waals surface area contributed by atoms with Gasteiger partial charge in [0.25, 0.3) is 10.0 Å². The van der Waals surface area contributed by atoms with Gasteiger partial charge in [0, 0.05) is 13.1 Å². The highest BCUT2D eigenvalue weighted by Crippen LogP contribution is 2.33. The molecule has 0 amide bonds. The summed E-state index contributed by atoms with van der Waals surface area (Å²) >= 11 is 0. The SMILES string of the molecule is CN(C)CCN(c1ccccc1)S(=O)(=O)c1ccccc1OC(F)(F)F. The minimum Gasteiger partial charge on any atom is -0.404 e. The molecule has 0 spiro atoms. The lowest BCUT2D eigenvalue weighted by molar-refractivity contribution is -0.275. The first kappa shape index (κ1) is 20.1. The Kier molecular flexibility index (Phi) is 6.14. The summed E-state index contributed by atoms with van der Waals surface area (Å²) in [6.45, 7) is 0.454. The molecule has 2 aromatic rings. The van der Waals surface area contributed by atoms with Crippen LogP contribution in [0.4, 0.5) is 18.9 Å². The number of anilines is 1. The summed E-state index contributed by atoms with van der Waals surface area (Å²) in [6, 6.07) is 12.9. The van der Waals surface area contributed by atoms with E-state index in [0.717, 1.165) is 16.4 Å². The van der Waals surface area contributed by atoms with Crippen LogP contribution in [0.5, 0.6) is 5.75 Å². The van der Waals surface area contributed by atoms with Crippen LogP contribution in [0.15, 0.2) is 59.5 Å². The van der Waals surface area contributed by atoms with Crippen LogP contribution >= 0.6 is 0 Å². The van der Waals surface area contributed by atoms with Gasteiger partial charge in [-0.1, -0.05) is 30.3 Å². The predicted molar refractivity (Wildman–Crippen MR) is 92.7 cm³/mol. The van der Waals surface area contributed by atoms with Gasteiger partial charge in [-0.05, 0) is 38.4 Å². The fourth-order valence-electron chi connectivity index (χ4n) is 2.26. The van der Waals surface area contributed by atoms with E-state index < -0.39 is 27.0 Å². The lowest BCUT2D eigenvalue weighted by Gasteiger charge is -2.27. The van der Waals surface area contributed by atoms with Crippen molar-refractivity contribution in [1.29, 1.82) is 0 Å². The molecule has 0 saturated carbocycles. The van der Waals surface area contributed by atoms with Gasteiger partial charge in [-0.3, -0.25) is 4.31 Å². The van der Waals surface area contributed by atoms with Crippen LogP contribution in [0.25, 0.3) is 0 Å². The van der Waals surface area contributed by atoms with Crippen molar-refractivity contribution in [2.45, 2.75) is 11.3 Å². The van der Waals surface area contributed by atoms with Crippen molar-refractivity contribution in [1.82, 2.24) is 4.90 Å². The van der Waals surface area contributed by atoms with Crippen molar-refractivity contribution in [3.63, 3.8) is 0 Å². The Labute approximate surface area is 150 Å². The zero-order chi connectivity index (χ0) is 19.4. The lowest BCUT2D eigenvalue weighted by Crippen LogP contribution is -2.37. The summed E-state index contributed by atoms with van der Waals surface area (Å²) < 4.78 is 69.2. The average molecular weight is 388 g/mol. The molecule has 0 atom stereocenters. The molecule has 142 valence electrons. The number of hydrogen-bond acceptors (Lipinski definition) is 4. The second kappa shape index (κ2) is 7.96. The number of hydrogen-bond donors (Lipinski definition) is 0. The zero-order valence-corrected chi connectivity index (χ0v) is 15.1. The molecule has 0 bridgehead atoms. The summed E-state index contributed by atoms with van der Waals surface area (Å²) in [7, 11) is -0.723. The minimum atomic E-state index is -4.99. The van der Waals surface area contributed by atoms with Crippen molar-refractivity contribution < 1.29 is 26.3 Å². The fraction of sp³-hybridized carbons (Fsp3) is 0.294. The smallest absolute Gasteiger partial charge is 0.404 e. The molecule has 26 heavy (non-hydrogen) atoms. The first-order valence-electron chi connectivity index (χ1n) is 7.68. The van der Waals surface area contributed by atoms with E-state index in [-0.39, 0.29) is 6.54 Å². The summed E-state index contributed by atoms with van der Waals surface area (Å²) in [5, 5.41) is 0. The second-order valence-electron chi connectivity index (χ2n) is 5.71. The quantitative estimate of drug-likeness (QED) is 0.730. The number of sulfonamides is 1. The Hall–Kier alpha value is -2.26. The number of nitrogens with zero attached hydrogens (tertiary/aromatic N) is 2. The maximum absolute atomic E-state index is 13.1. The second-order valence-corrected chi connectivity index (χ2v) is 7.54. The van der Waals surface area contributed by atoms with Gasteiger partial charge in [0.05, 0.1) is 5.69 Å². The number of alkyl halides is 3. The van der Waals surface area contributed by atoms with Crippen LogP contribution in [0.1, 0.15) is 0 Å². The monoisotopic (exact) mass is 388 g/mol. The van der Waals surface area contributed by atoms with Crippen molar-refractivity contribution in [3.8, 4) is 5.75 Å². The molecule has 0 unspecified atom stereocenters. The summed E-state index contributed by atoms with van der Waals surface area (Å²) in [4.78, 5) is 1.24. The fourth-order valence-corrected chi connectivity index (χ4v) is 3.84. The zero-order valence-electron chi connectivity index (χ0n) is 14.3. The molecular formula is C17H19F3N2O3S. The molecule has 0 radical (unpaired) electrons. The molecule has 0 fully saturated rings. The Morgan fingerprint density at radius 1 is 0.923 bits per heavy atom. The van der Waals surface area contributed by atoms with Crippen LogP contribution in [0, 0.1) is 0 Å². The molecule has 0 aliphatic heterocycles. The van der Waals surface area contributed by atoms with Gasteiger partial charge in [0.1, 0.15) is 10.6 Å². The lowest BCUT2D eigenvalue weighted by atomic mass is 10.3. The number of para-hydroxylation sites is 2. The van der Waals surface area contributed by atoms with Gasteiger partial charge in [0.15, 0.2) is 0 Å². The van der Waals surface area contributed by atoms with Crippen LogP contribution in [-0.2, 0) is 10.0 Å². The number of likely N-dealkylation sites (N-methyl/N-ethyl adjacent to an activating group) is 1. The highest BCUT2D eigenvalue weighted by molar-refractivity contribution is 7.93. The molecule has 0 saturated heterocycles. The Morgan fingerprint density at radius 3 is 2.08 bits per heavy atom. The Bertz CT molecular complexity index is 825.